The number of nitrogens with zero attached hydrogens (tertiary/aromatic N) is 2. The molecule has 1 amide bonds. The molecule has 0 saturated heterocycles. The van der Waals surface area contributed by atoms with E-state index in [0.717, 1.165) is 16.6 Å². The van der Waals surface area contributed by atoms with Crippen LogP contribution in [0.15, 0.2) is 36.7 Å². The fourth-order valence-corrected chi connectivity index (χ4v) is 3.66. The summed E-state index contributed by atoms with van der Waals surface area (Å²) in [7, 11) is 0. The summed E-state index contributed by atoms with van der Waals surface area (Å²) in [5.41, 5.74) is 4.64. The number of hydrogen-bond donors (Lipinski definition) is 2. The van der Waals surface area contributed by atoms with Gasteiger partial charge in [0.25, 0.3) is 0 Å². The minimum atomic E-state index is -0.772. The van der Waals surface area contributed by atoms with Crippen LogP contribution in [0.2, 0.25) is 0 Å². The van der Waals surface area contributed by atoms with Crippen LogP contribution < -0.4 is 14.8 Å². The van der Waals surface area contributed by atoms with E-state index in [1.54, 1.807) is 24.5 Å². The fourth-order valence-electron chi connectivity index (χ4n) is 3.66. The van der Waals surface area contributed by atoms with Crippen LogP contribution >= 0.6 is 0 Å². The number of rotatable bonds is 8. The van der Waals surface area contributed by atoms with E-state index in [2.05, 4.69) is 10.3 Å². The quantitative estimate of drug-likeness (QED) is 0.525. The molecule has 1 aromatic heterocycles. The summed E-state index contributed by atoms with van der Waals surface area (Å²) in [5.74, 6) is 0.743. The molecule has 0 fully saturated rings. The van der Waals surface area contributed by atoms with Gasteiger partial charge in [-0.1, -0.05) is 0 Å². The SMILES string of the molecule is Cc1cc2ncn(C[C@H](O)CNC(=O)CCC(=O)c3ccc4c(c3)OCCO4)c2cc1C. The van der Waals surface area contributed by atoms with E-state index in [9.17, 15) is 14.7 Å². The van der Waals surface area contributed by atoms with Gasteiger partial charge in [-0.2, -0.15) is 0 Å². The number of aliphatic hydroxyl groups excluding tert-OH is 1. The molecule has 3 aromatic rings. The number of amides is 1. The predicted octanol–water partition coefficient (Wildman–Crippen LogP) is 2.56. The van der Waals surface area contributed by atoms with E-state index in [0.29, 0.717) is 36.8 Å². The summed E-state index contributed by atoms with van der Waals surface area (Å²) in [4.78, 5) is 29.0. The molecule has 1 aliphatic heterocycles. The molecular weight excluding hydrogens is 410 g/mol. The van der Waals surface area contributed by atoms with Gasteiger partial charge in [0.05, 0.1) is 30.0 Å². The zero-order chi connectivity index (χ0) is 22.7. The number of benzene rings is 2. The summed E-state index contributed by atoms with van der Waals surface area (Å²) in [6, 6.07) is 9.11. The summed E-state index contributed by atoms with van der Waals surface area (Å²) in [5, 5.41) is 13.1. The van der Waals surface area contributed by atoms with E-state index in [4.69, 9.17) is 9.47 Å². The van der Waals surface area contributed by atoms with Crippen molar-refractivity contribution >= 4 is 22.7 Å². The number of fused-ring (bicyclic) bond motifs is 2. The zero-order valence-corrected chi connectivity index (χ0v) is 18.3. The Morgan fingerprint density at radius 1 is 1.09 bits per heavy atom. The van der Waals surface area contributed by atoms with Crippen molar-refractivity contribution in [1.29, 1.82) is 0 Å². The fraction of sp³-hybridized carbons (Fsp3) is 0.375. The van der Waals surface area contributed by atoms with Crippen molar-refractivity contribution in [1.82, 2.24) is 14.9 Å². The molecule has 0 radical (unpaired) electrons. The van der Waals surface area contributed by atoms with E-state index in [-0.39, 0.29) is 31.1 Å². The molecule has 1 atom stereocenters. The van der Waals surface area contributed by atoms with Crippen molar-refractivity contribution in [2.45, 2.75) is 39.3 Å². The van der Waals surface area contributed by atoms with Gasteiger partial charge in [-0.05, 0) is 55.3 Å². The molecule has 2 N–H and O–H groups in total. The van der Waals surface area contributed by atoms with Crippen LogP contribution in [0.25, 0.3) is 11.0 Å². The van der Waals surface area contributed by atoms with Crippen molar-refractivity contribution in [3.8, 4) is 11.5 Å². The second-order valence-corrected chi connectivity index (χ2v) is 8.06. The molecule has 0 spiro atoms. The highest BCUT2D eigenvalue weighted by molar-refractivity contribution is 5.98. The molecule has 32 heavy (non-hydrogen) atoms. The van der Waals surface area contributed by atoms with Gasteiger partial charge in [0.15, 0.2) is 17.3 Å². The summed E-state index contributed by atoms with van der Waals surface area (Å²) in [6.45, 7) is 5.43. The first kappa shape index (κ1) is 21.8. The smallest absolute Gasteiger partial charge is 0.220 e. The molecule has 1 aliphatic rings. The second-order valence-electron chi connectivity index (χ2n) is 8.06. The third-order valence-electron chi connectivity index (χ3n) is 5.62. The lowest BCUT2D eigenvalue weighted by molar-refractivity contribution is -0.121. The van der Waals surface area contributed by atoms with E-state index in [1.165, 1.54) is 5.56 Å². The Morgan fingerprint density at radius 3 is 2.66 bits per heavy atom. The second kappa shape index (κ2) is 9.40. The Bertz CT molecular complexity index is 1150. The van der Waals surface area contributed by atoms with E-state index < -0.39 is 6.10 Å². The number of aryl methyl sites for hydroxylation is 2. The number of aromatic nitrogens is 2. The molecule has 8 heteroatoms. The van der Waals surface area contributed by atoms with Crippen LogP contribution in [0.3, 0.4) is 0 Å². The molecule has 0 saturated carbocycles. The number of nitrogens with one attached hydrogen (secondary N) is 1. The highest BCUT2D eigenvalue weighted by Crippen LogP contribution is 2.31. The number of imidazole rings is 1. The molecule has 168 valence electrons. The standard InChI is InChI=1S/C24H27N3O5/c1-15-9-19-20(10-16(15)2)27(14-26-19)13-18(28)12-25-24(30)6-4-21(29)17-3-5-22-23(11-17)32-8-7-31-22/h3,5,9-11,14,18,28H,4,6-8,12-13H2,1-2H3,(H,25,30)/t18-/m1/s1. The Hall–Kier alpha value is -3.39. The van der Waals surface area contributed by atoms with Crippen LogP contribution in [0.1, 0.15) is 34.3 Å². The highest BCUT2D eigenvalue weighted by Gasteiger charge is 2.16. The van der Waals surface area contributed by atoms with Gasteiger partial charge < -0.3 is 24.5 Å². The van der Waals surface area contributed by atoms with Crippen LogP contribution in [-0.4, -0.2) is 52.2 Å². The maximum absolute atomic E-state index is 12.4. The minimum absolute atomic E-state index is 0.0481. The molecule has 4 rings (SSSR count). The van der Waals surface area contributed by atoms with Crippen LogP contribution in [-0.2, 0) is 11.3 Å². The lowest BCUT2D eigenvalue weighted by Gasteiger charge is -2.18. The average molecular weight is 437 g/mol. The molecular formula is C24H27N3O5. The maximum Gasteiger partial charge on any atom is 0.220 e. The van der Waals surface area contributed by atoms with Gasteiger partial charge in [-0.25, -0.2) is 4.98 Å². The number of hydrogen-bond acceptors (Lipinski definition) is 6. The lowest BCUT2D eigenvalue weighted by atomic mass is 10.1. The van der Waals surface area contributed by atoms with Crippen molar-refractivity contribution in [2.75, 3.05) is 19.8 Å². The number of aliphatic hydroxyl groups is 1. The first-order chi connectivity index (χ1) is 15.4. The molecule has 8 nitrogen and oxygen atoms in total. The van der Waals surface area contributed by atoms with Gasteiger partial charge in [0, 0.05) is 24.9 Å². The monoisotopic (exact) mass is 437 g/mol. The van der Waals surface area contributed by atoms with Gasteiger partial charge in [-0.3, -0.25) is 9.59 Å². The molecule has 2 heterocycles. The van der Waals surface area contributed by atoms with E-state index in [1.807, 2.05) is 30.5 Å². The number of carbonyl (C=O) groups excluding carboxylic acids is 2. The largest absolute Gasteiger partial charge is 0.486 e. The number of ether oxygens (including phenoxy) is 2. The number of ketones is 1. The Balaban J connectivity index is 1.25. The van der Waals surface area contributed by atoms with Gasteiger partial charge in [-0.15, -0.1) is 0 Å². The molecule has 0 unspecified atom stereocenters. The molecule has 2 aromatic carbocycles. The summed E-state index contributed by atoms with van der Waals surface area (Å²) in [6.07, 6.45) is 1.05. The predicted molar refractivity (Wildman–Crippen MR) is 119 cm³/mol. The van der Waals surface area contributed by atoms with Gasteiger partial charge >= 0.3 is 0 Å². The summed E-state index contributed by atoms with van der Waals surface area (Å²) < 4.78 is 12.8. The van der Waals surface area contributed by atoms with Crippen LogP contribution in [0, 0.1) is 13.8 Å². The Morgan fingerprint density at radius 2 is 1.84 bits per heavy atom. The normalized spacial score (nSPS) is 13.7. The number of Topliss-reactive ketones (excluding diaryl/α,β-unsaturated/α-hetero) is 1. The van der Waals surface area contributed by atoms with Crippen molar-refractivity contribution < 1.29 is 24.2 Å². The Labute approximate surface area is 186 Å². The van der Waals surface area contributed by atoms with Crippen molar-refractivity contribution in [2.24, 2.45) is 0 Å². The van der Waals surface area contributed by atoms with Crippen LogP contribution in [0.4, 0.5) is 0 Å². The topological polar surface area (TPSA) is 103 Å². The van der Waals surface area contributed by atoms with E-state index >= 15 is 0 Å². The lowest BCUT2D eigenvalue weighted by Crippen LogP contribution is -2.34. The van der Waals surface area contributed by atoms with Gasteiger partial charge in [0.1, 0.15) is 13.2 Å². The first-order valence-electron chi connectivity index (χ1n) is 10.7. The van der Waals surface area contributed by atoms with Gasteiger partial charge in [0.2, 0.25) is 5.91 Å². The average Bonchev–Trinajstić information content (AvgIpc) is 3.17. The zero-order valence-electron chi connectivity index (χ0n) is 18.3. The van der Waals surface area contributed by atoms with Crippen molar-refractivity contribution in [3.05, 3.63) is 53.3 Å². The highest BCUT2D eigenvalue weighted by atomic mass is 16.6. The summed E-state index contributed by atoms with van der Waals surface area (Å²) >= 11 is 0. The molecule has 0 bridgehead atoms. The minimum Gasteiger partial charge on any atom is -0.486 e. The van der Waals surface area contributed by atoms with Crippen molar-refractivity contribution in [3.63, 3.8) is 0 Å². The number of carbonyl (C=O) groups is 2. The first-order valence-corrected chi connectivity index (χ1v) is 10.7. The third kappa shape index (κ3) is 4.91. The molecule has 0 aliphatic carbocycles. The maximum atomic E-state index is 12.4. The van der Waals surface area contributed by atoms with Crippen LogP contribution in [0.5, 0.6) is 11.5 Å². The third-order valence-corrected chi connectivity index (χ3v) is 5.62. The Kier molecular flexibility index (Phi) is 6.41.